The number of aliphatic hydroxyl groups is 1. The van der Waals surface area contributed by atoms with E-state index in [4.69, 9.17) is 0 Å². The topological polar surface area (TPSA) is 40.5 Å². The molecule has 1 amide bonds. The molecule has 0 aliphatic heterocycles. The van der Waals surface area contributed by atoms with Crippen LogP contribution in [0.5, 0.6) is 0 Å². The molecule has 0 radical (unpaired) electrons. The second-order valence-corrected chi connectivity index (χ2v) is 4.62. The van der Waals surface area contributed by atoms with Crippen molar-refractivity contribution in [2.24, 2.45) is 0 Å². The molecule has 1 unspecified atom stereocenters. The van der Waals surface area contributed by atoms with Gasteiger partial charge >= 0.3 is 0 Å². The van der Waals surface area contributed by atoms with E-state index in [2.05, 4.69) is 0 Å². The van der Waals surface area contributed by atoms with E-state index < -0.39 is 6.10 Å². The molecule has 1 atom stereocenters. The summed E-state index contributed by atoms with van der Waals surface area (Å²) in [4.78, 5) is 14.4. The number of hydrogen-bond donors (Lipinski definition) is 1. The van der Waals surface area contributed by atoms with Crippen molar-refractivity contribution in [2.45, 2.75) is 32.8 Å². The Labute approximate surface area is 101 Å². The number of thiophene rings is 1. The summed E-state index contributed by atoms with van der Waals surface area (Å²) in [7, 11) is 0. The van der Waals surface area contributed by atoms with E-state index in [1.165, 1.54) is 11.3 Å². The van der Waals surface area contributed by atoms with Gasteiger partial charge in [0.05, 0.1) is 6.10 Å². The molecule has 90 valence electrons. The molecule has 1 aromatic heterocycles. The lowest BCUT2D eigenvalue weighted by Crippen LogP contribution is -2.30. The monoisotopic (exact) mass is 241 g/mol. The molecule has 0 saturated heterocycles. The molecule has 0 aromatic carbocycles. The van der Waals surface area contributed by atoms with Gasteiger partial charge in [0.1, 0.15) is 0 Å². The molecule has 1 N–H and O–H groups in total. The van der Waals surface area contributed by atoms with E-state index in [0.717, 1.165) is 18.0 Å². The minimum atomic E-state index is -0.500. The first-order chi connectivity index (χ1) is 7.69. The van der Waals surface area contributed by atoms with E-state index in [1.807, 2.05) is 31.4 Å². The zero-order chi connectivity index (χ0) is 12.0. The molecule has 0 aliphatic carbocycles. The van der Waals surface area contributed by atoms with E-state index in [-0.39, 0.29) is 5.91 Å². The van der Waals surface area contributed by atoms with E-state index >= 15 is 0 Å². The van der Waals surface area contributed by atoms with Crippen molar-refractivity contribution in [3.8, 4) is 0 Å². The standard InChI is InChI=1S/C12H19NO2S/c1-3-13(4-2)12(15)8-7-10(14)11-6-5-9-16-11/h5-6,9-10,14H,3-4,7-8H2,1-2H3. The molecular weight excluding hydrogens is 222 g/mol. The molecule has 4 heteroatoms. The Morgan fingerprint density at radius 2 is 2.19 bits per heavy atom. The van der Waals surface area contributed by atoms with E-state index in [9.17, 15) is 9.90 Å². The first-order valence-corrected chi connectivity index (χ1v) is 6.56. The Bertz CT molecular complexity index is 307. The van der Waals surface area contributed by atoms with Gasteiger partial charge in [-0.2, -0.15) is 0 Å². The van der Waals surface area contributed by atoms with Crippen LogP contribution in [-0.2, 0) is 4.79 Å². The maximum absolute atomic E-state index is 11.7. The predicted octanol–water partition coefficient (Wildman–Crippen LogP) is 2.43. The number of nitrogens with zero attached hydrogens (tertiary/aromatic N) is 1. The van der Waals surface area contributed by atoms with Crippen LogP contribution in [0.4, 0.5) is 0 Å². The van der Waals surface area contributed by atoms with Gasteiger partial charge < -0.3 is 10.0 Å². The van der Waals surface area contributed by atoms with Gasteiger partial charge in [-0.05, 0) is 31.7 Å². The van der Waals surface area contributed by atoms with Crippen molar-refractivity contribution in [3.63, 3.8) is 0 Å². The Morgan fingerprint density at radius 1 is 1.50 bits per heavy atom. The maximum Gasteiger partial charge on any atom is 0.222 e. The molecule has 1 heterocycles. The van der Waals surface area contributed by atoms with Gasteiger partial charge in [-0.3, -0.25) is 4.79 Å². The highest BCUT2D eigenvalue weighted by Gasteiger charge is 2.14. The van der Waals surface area contributed by atoms with Crippen LogP contribution in [0.2, 0.25) is 0 Å². The number of rotatable bonds is 6. The molecule has 0 saturated carbocycles. The molecule has 1 rings (SSSR count). The zero-order valence-electron chi connectivity index (χ0n) is 9.85. The lowest BCUT2D eigenvalue weighted by Gasteiger charge is -2.19. The van der Waals surface area contributed by atoms with Gasteiger partial charge in [0, 0.05) is 24.4 Å². The fraction of sp³-hybridized carbons (Fsp3) is 0.583. The summed E-state index contributed by atoms with van der Waals surface area (Å²) in [6.45, 7) is 5.42. The fourth-order valence-electron chi connectivity index (χ4n) is 1.62. The predicted molar refractivity (Wildman–Crippen MR) is 66.4 cm³/mol. The van der Waals surface area contributed by atoms with E-state index in [1.54, 1.807) is 4.90 Å². The van der Waals surface area contributed by atoms with Crippen LogP contribution < -0.4 is 0 Å². The second-order valence-electron chi connectivity index (χ2n) is 3.64. The number of aliphatic hydroxyl groups excluding tert-OH is 1. The summed E-state index contributed by atoms with van der Waals surface area (Å²) in [6.07, 6.45) is 0.427. The van der Waals surface area contributed by atoms with E-state index in [0.29, 0.717) is 12.8 Å². The molecular formula is C12H19NO2S. The van der Waals surface area contributed by atoms with Crippen LogP contribution in [-0.4, -0.2) is 29.0 Å². The largest absolute Gasteiger partial charge is 0.388 e. The maximum atomic E-state index is 11.7. The average molecular weight is 241 g/mol. The number of carbonyl (C=O) groups is 1. The minimum Gasteiger partial charge on any atom is -0.388 e. The zero-order valence-corrected chi connectivity index (χ0v) is 10.7. The summed E-state index contributed by atoms with van der Waals surface area (Å²) in [5, 5.41) is 11.8. The van der Waals surface area contributed by atoms with Gasteiger partial charge in [-0.15, -0.1) is 11.3 Å². The SMILES string of the molecule is CCN(CC)C(=O)CCC(O)c1cccs1. The quantitative estimate of drug-likeness (QED) is 0.831. The Hall–Kier alpha value is -0.870. The number of carbonyl (C=O) groups excluding carboxylic acids is 1. The third kappa shape index (κ3) is 3.61. The minimum absolute atomic E-state index is 0.126. The summed E-state index contributed by atoms with van der Waals surface area (Å²) in [5.41, 5.74) is 0. The van der Waals surface area contributed by atoms with Gasteiger partial charge in [-0.25, -0.2) is 0 Å². The van der Waals surface area contributed by atoms with Crippen molar-refractivity contribution in [1.82, 2.24) is 4.90 Å². The first-order valence-electron chi connectivity index (χ1n) is 5.68. The molecule has 16 heavy (non-hydrogen) atoms. The van der Waals surface area contributed by atoms with Gasteiger partial charge in [-0.1, -0.05) is 6.07 Å². The summed E-state index contributed by atoms with van der Waals surface area (Å²) >= 11 is 1.53. The molecule has 0 fully saturated rings. The molecule has 0 aliphatic rings. The second kappa shape index (κ2) is 6.66. The van der Waals surface area contributed by atoms with Crippen molar-refractivity contribution < 1.29 is 9.90 Å². The number of hydrogen-bond acceptors (Lipinski definition) is 3. The highest BCUT2D eigenvalue weighted by molar-refractivity contribution is 7.10. The third-order valence-electron chi connectivity index (χ3n) is 2.62. The van der Waals surface area contributed by atoms with Crippen LogP contribution in [0.15, 0.2) is 17.5 Å². The molecule has 1 aromatic rings. The fourth-order valence-corrected chi connectivity index (χ4v) is 2.36. The normalized spacial score (nSPS) is 12.4. The molecule has 0 spiro atoms. The highest BCUT2D eigenvalue weighted by atomic mass is 32.1. The van der Waals surface area contributed by atoms with Crippen molar-refractivity contribution in [3.05, 3.63) is 22.4 Å². The first kappa shape index (κ1) is 13.2. The smallest absolute Gasteiger partial charge is 0.222 e. The third-order valence-corrected chi connectivity index (χ3v) is 3.59. The van der Waals surface area contributed by atoms with Crippen LogP contribution in [0.25, 0.3) is 0 Å². The summed E-state index contributed by atoms with van der Waals surface area (Å²) in [6, 6.07) is 3.81. The molecule has 0 bridgehead atoms. The highest BCUT2D eigenvalue weighted by Crippen LogP contribution is 2.23. The van der Waals surface area contributed by atoms with Crippen molar-refractivity contribution >= 4 is 17.2 Å². The van der Waals surface area contributed by atoms with Gasteiger partial charge in [0.25, 0.3) is 0 Å². The Kier molecular flexibility index (Phi) is 5.49. The van der Waals surface area contributed by atoms with Crippen molar-refractivity contribution in [2.75, 3.05) is 13.1 Å². The molecule has 3 nitrogen and oxygen atoms in total. The Balaban J connectivity index is 2.37. The number of amides is 1. The summed E-state index contributed by atoms with van der Waals surface area (Å²) < 4.78 is 0. The van der Waals surface area contributed by atoms with Crippen LogP contribution in [0.3, 0.4) is 0 Å². The lowest BCUT2D eigenvalue weighted by molar-refractivity contribution is -0.131. The lowest BCUT2D eigenvalue weighted by atomic mass is 10.1. The van der Waals surface area contributed by atoms with Gasteiger partial charge in [0.2, 0.25) is 5.91 Å². The van der Waals surface area contributed by atoms with Crippen molar-refractivity contribution in [1.29, 1.82) is 0 Å². The van der Waals surface area contributed by atoms with Gasteiger partial charge in [0.15, 0.2) is 0 Å². The van der Waals surface area contributed by atoms with Crippen LogP contribution in [0, 0.1) is 0 Å². The summed E-state index contributed by atoms with van der Waals surface area (Å²) in [5.74, 6) is 0.126. The Morgan fingerprint density at radius 3 is 2.69 bits per heavy atom. The van der Waals surface area contributed by atoms with Crippen LogP contribution in [0.1, 0.15) is 37.7 Å². The van der Waals surface area contributed by atoms with Crippen LogP contribution >= 0.6 is 11.3 Å². The average Bonchev–Trinajstić information content (AvgIpc) is 2.81.